The van der Waals surface area contributed by atoms with Crippen molar-refractivity contribution in [1.29, 1.82) is 0 Å². The highest BCUT2D eigenvalue weighted by Gasteiger charge is 2.32. The Bertz CT molecular complexity index is 1060. The molecule has 30 heavy (non-hydrogen) atoms. The molecule has 0 amide bonds. The van der Waals surface area contributed by atoms with Gasteiger partial charge in [0.25, 0.3) is 0 Å². The first-order chi connectivity index (χ1) is 14.6. The lowest BCUT2D eigenvalue weighted by atomic mass is 10.0. The molecule has 1 fully saturated rings. The van der Waals surface area contributed by atoms with Gasteiger partial charge in [0.15, 0.2) is 11.5 Å². The first-order valence-corrected chi connectivity index (χ1v) is 10.4. The van der Waals surface area contributed by atoms with Crippen LogP contribution in [0.25, 0.3) is 5.70 Å². The molecule has 0 bridgehead atoms. The van der Waals surface area contributed by atoms with E-state index in [0.29, 0.717) is 30.9 Å². The van der Waals surface area contributed by atoms with Gasteiger partial charge in [-0.3, -0.25) is 4.79 Å². The van der Waals surface area contributed by atoms with Gasteiger partial charge in [0.1, 0.15) is 12.3 Å². The molecule has 2 heterocycles. The molecular formula is C26H26N2O2. The molecule has 4 heteroatoms. The van der Waals surface area contributed by atoms with Gasteiger partial charge < -0.3 is 4.74 Å². The lowest BCUT2D eigenvalue weighted by molar-refractivity contribution is 0.0983. The third kappa shape index (κ3) is 4.29. The van der Waals surface area contributed by atoms with Crippen LogP contribution in [-0.4, -0.2) is 23.1 Å². The Morgan fingerprint density at radius 2 is 2.20 bits per heavy atom. The smallest absolute Gasteiger partial charge is 0.163 e. The van der Waals surface area contributed by atoms with Crippen LogP contribution in [0.1, 0.15) is 48.5 Å². The molecule has 0 radical (unpaired) electrons. The van der Waals surface area contributed by atoms with E-state index in [1.807, 2.05) is 54.4 Å². The maximum absolute atomic E-state index is 12.5. The summed E-state index contributed by atoms with van der Waals surface area (Å²) in [5, 5.41) is 6.81. The normalized spacial score (nSPS) is 17.3. The van der Waals surface area contributed by atoms with E-state index in [0.717, 1.165) is 34.0 Å². The number of Topliss-reactive ketones (excluding diaryl/α,β-unsaturated/α-hetero) is 1. The van der Waals surface area contributed by atoms with E-state index in [1.165, 1.54) is 12.8 Å². The van der Waals surface area contributed by atoms with E-state index in [1.54, 1.807) is 6.08 Å². The maximum atomic E-state index is 12.5. The molecule has 2 aliphatic heterocycles. The van der Waals surface area contributed by atoms with Gasteiger partial charge in [-0.15, -0.1) is 6.58 Å². The average Bonchev–Trinajstić information content (AvgIpc) is 3.61. The number of benzene rings is 1. The van der Waals surface area contributed by atoms with Crippen LogP contribution < -0.4 is 0 Å². The van der Waals surface area contributed by atoms with Gasteiger partial charge in [-0.25, -0.2) is 5.01 Å². The lowest BCUT2D eigenvalue weighted by Crippen LogP contribution is -2.24. The van der Waals surface area contributed by atoms with Gasteiger partial charge >= 0.3 is 0 Å². The Labute approximate surface area is 177 Å². The van der Waals surface area contributed by atoms with Crippen molar-refractivity contribution < 1.29 is 9.53 Å². The monoisotopic (exact) mass is 398 g/mol. The van der Waals surface area contributed by atoms with Gasteiger partial charge in [-0.05, 0) is 50.0 Å². The molecule has 1 aliphatic carbocycles. The highest BCUT2D eigenvalue weighted by atomic mass is 16.5. The number of hydrogen-bond donors (Lipinski definition) is 0. The van der Waals surface area contributed by atoms with Crippen molar-refractivity contribution in [3.8, 4) is 0 Å². The summed E-state index contributed by atoms with van der Waals surface area (Å²) >= 11 is 0. The van der Waals surface area contributed by atoms with Gasteiger partial charge in [0.2, 0.25) is 0 Å². The van der Waals surface area contributed by atoms with Gasteiger partial charge in [0.05, 0.1) is 11.4 Å². The number of ether oxygens (including phenoxy) is 1. The van der Waals surface area contributed by atoms with Crippen LogP contribution in [0.3, 0.4) is 0 Å². The molecule has 0 spiro atoms. The van der Waals surface area contributed by atoms with E-state index in [9.17, 15) is 4.79 Å². The van der Waals surface area contributed by atoms with Crippen LogP contribution in [0.15, 0.2) is 89.6 Å². The Kier molecular flexibility index (Phi) is 5.69. The van der Waals surface area contributed by atoms with Crippen molar-refractivity contribution in [3.63, 3.8) is 0 Å². The number of carbonyl (C=O) groups is 1. The van der Waals surface area contributed by atoms with Crippen LogP contribution in [0.4, 0.5) is 0 Å². The third-order valence-electron chi connectivity index (χ3n) is 5.16. The fourth-order valence-corrected chi connectivity index (χ4v) is 3.40. The molecule has 0 saturated heterocycles. The Balaban J connectivity index is 1.70. The van der Waals surface area contributed by atoms with Crippen LogP contribution >= 0.6 is 0 Å². The first kappa shape index (κ1) is 19.9. The molecule has 0 aromatic heterocycles. The summed E-state index contributed by atoms with van der Waals surface area (Å²) < 4.78 is 5.94. The number of fused-ring (bicyclic) bond motifs is 1. The molecular weight excluding hydrogens is 372 g/mol. The summed E-state index contributed by atoms with van der Waals surface area (Å²) in [6.45, 7) is 10.00. The summed E-state index contributed by atoms with van der Waals surface area (Å²) in [7, 11) is 0. The zero-order valence-corrected chi connectivity index (χ0v) is 17.4. The Morgan fingerprint density at radius 1 is 1.37 bits per heavy atom. The van der Waals surface area contributed by atoms with Crippen molar-refractivity contribution >= 4 is 17.2 Å². The molecule has 1 aromatic rings. The Morgan fingerprint density at radius 3 is 2.93 bits per heavy atom. The minimum Gasteiger partial charge on any atom is -0.486 e. The SMILES string of the molecule is C=CCCC(=O)c1cccc(C2=CC=C(OCC(=C)C)C3=C=CC(C4CC4)=NN32)c1. The predicted molar refractivity (Wildman–Crippen MR) is 121 cm³/mol. The number of rotatable bonds is 9. The van der Waals surface area contributed by atoms with Gasteiger partial charge in [-0.2, -0.15) is 5.10 Å². The molecule has 4 nitrogen and oxygen atoms in total. The standard InChI is InChI=1S/C26H26N2O2/c1-4-5-9-25(29)21-8-6-7-20(16-21)23-14-15-26(30-17-18(2)3)24-13-12-22(19-10-11-19)27-28(23)24/h4,6-8,12,14-16,19H,1-2,5,9-11,17H2,3H3. The molecule has 0 atom stereocenters. The van der Waals surface area contributed by atoms with Gasteiger partial charge in [-0.1, -0.05) is 36.6 Å². The van der Waals surface area contributed by atoms with Crippen molar-refractivity contribution in [2.45, 2.75) is 32.6 Å². The molecule has 1 aromatic carbocycles. The van der Waals surface area contributed by atoms with Crippen LogP contribution in [0, 0.1) is 5.92 Å². The number of allylic oxidation sites excluding steroid dienone is 3. The maximum Gasteiger partial charge on any atom is 0.163 e. The van der Waals surface area contributed by atoms with E-state index >= 15 is 0 Å². The zero-order valence-electron chi connectivity index (χ0n) is 17.4. The van der Waals surface area contributed by atoms with E-state index in [4.69, 9.17) is 9.84 Å². The predicted octanol–water partition coefficient (Wildman–Crippen LogP) is 5.79. The van der Waals surface area contributed by atoms with E-state index in [2.05, 4.69) is 18.9 Å². The summed E-state index contributed by atoms with van der Waals surface area (Å²) in [5.74, 6) is 1.35. The van der Waals surface area contributed by atoms with E-state index < -0.39 is 0 Å². The molecule has 0 N–H and O–H groups in total. The summed E-state index contributed by atoms with van der Waals surface area (Å²) in [5.41, 5.74) is 8.70. The average molecular weight is 399 g/mol. The molecule has 1 saturated carbocycles. The lowest BCUT2D eigenvalue weighted by Gasteiger charge is -2.30. The molecule has 0 unspecified atom stereocenters. The first-order valence-electron chi connectivity index (χ1n) is 10.4. The van der Waals surface area contributed by atoms with Crippen molar-refractivity contribution in [2.24, 2.45) is 11.0 Å². The molecule has 3 aliphatic rings. The van der Waals surface area contributed by atoms with Gasteiger partial charge in [0, 0.05) is 29.5 Å². The number of hydrazone groups is 1. The van der Waals surface area contributed by atoms with Crippen LogP contribution in [-0.2, 0) is 4.74 Å². The van der Waals surface area contributed by atoms with Crippen molar-refractivity contribution in [3.05, 3.63) is 95.6 Å². The number of carbonyl (C=O) groups excluding carboxylic acids is 1. The fourth-order valence-electron chi connectivity index (χ4n) is 3.40. The quantitative estimate of drug-likeness (QED) is 0.300. The molecule has 4 rings (SSSR count). The minimum absolute atomic E-state index is 0.116. The second kappa shape index (κ2) is 8.56. The number of nitrogens with zero attached hydrogens (tertiary/aromatic N) is 2. The van der Waals surface area contributed by atoms with E-state index in [-0.39, 0.29) is 5.78 Å². The topological polar surface area (TPSA) is 41.9 Å². The fraction of sp³-hybridized carbons (Fsp3) is 0.269. The summed E-state index contributed by atoms with van der Waals surface area (Å²) in [6.07, 6.45) is 11.2. The number of hydrogen-bond acceptors (Lipinski definition) is 4. The van der Waals surface area contributed by atoms with Crippen molar-refractivity contribution in [2.75, 3.05) is 6.61 Å². The second-order valence-electron chi connectivity index (χ2n) is 7.91. The highest BCUT2D eigenvalue weighted by Crippen LogP contribution is 2.38. The highest BCUT2D eigenvalue weighted by molar-refractivity contribution is 6.00. The van der Waals surface area contributed by atoms with Crippen LogP contribution in [0.5, 0.6) is 0 Å². The Hall–Kier alpha value is -3.36. The number of ketones is 1. The van der Waals surface area contributed by atoms with Crippen LogP contribution in [0.2, 0.25) is 0 Å². The summed E-state index contributed by atoms with van der Waals surface area (Å²) in [4.78, 5) is 12.5. The second-order valence-corrected chi connectivity index (χ2v) is 7.91. The molecule has 152 valence electrons. The minimum atomic E-state index is 0.116. The summed E-state index contributed by atoms with van der Waals surface area (Å²) in [6, 6.07) is 7.73. The zero-order chi connectivity index (χ0) is 21.1. The van der Waals surface area contributed by atoms with Crippen molar-refractivity contribution in [1.82, 2.24) is 5.01 Å². The largest absolute Gasteiger partial charge is 0.486 e. The third-order valence-corrected chi connectivity index (χ3v) is 5.16.